The van der Waals surface area contributed by atoms with Crippen molar-refractivity contribution in [3.05, 3.63) is 111 Å². The minimum Gasteiger partial charge on any atom is -0.507 e. The van der Waals surface area contributed by atoms with Crippen LogP contribution in [0, 0.1) is 20.8 Å². The van der Waals surface area contributed by atoms with Gasteiger partial charge in [0.15, 0.2) is 5.75 Å². The normalized spacial score (nSPS) is 10.5. The van der Waals surface area contributed by atoms with E-state index in [4.69, 9.17) is 25.8 Å². The zero-order valence-electron chi connectivity index (χ0n) is 20.7. The number of hydrogen-bond acceptors (Lipinski definition) is 8. The lowest BCUT2D eigenvalue weighted by Gasteiger charge is -2.15. The molecule has 1 aromatic heterocycles. The van der Waals surface area contributed by atoms with Crippen molar-refractivity contribution in [3.63, 3.8) is 0 Å². The monoisotopic (exact) mass is 531 g/mol. The van der Waals surface area contributed by atoms with Crippen LogP contribution in [0.5, 0.6) is 23.0 Å². The number of nitrogens with zero attached hydrogens (tertiary/aromatic N) is 1. The van der Waals surface area contributed by atoms with Gasteiger partial charge in [-0.25, -0.2) is 14.4 Å². The average Bonchev–Trinajstić information content (AvgIpc) is 2.84. The molecule has 0 saturated carbocycles. The molecule has 9 heteroatoms. The highest BCUT2D eigenvalue weighted by molar-refractivity contribution is 6.30. The molecule has 0 aliphatic rings. The van der Waals surface area contributed by atoms with Gasteiger partial charge in [-0.05, 0) is 55.7 Å². The lowest BCUT2D eigenvalue weighted by atomic mass is 10.1. The van der Waals surface area contributed by atoms with E-state index in [0.717, 1.165) is 0 Å². The first-order chi connectivity index (χ1) is 18.2. The van der Waals surface area contributed by atoms with Crippen LogP contribution in [0.1, 0.15) is 47.8 Å². The number of halogens is 1. The predicted molar refractivity (Wildman–Crippen MR) is 139 cm³/mol. The maximum Gasteiger partial charge on any atom is 0.347 e. The number of aromatic nitrogens is 1. The van der Waals surface area contributed by atoms with Gasteiger partial charge >= 0.3 is 17.9 Å². The van der Waals surface area contributed by atoms with E-state index in [1.807, 2.05) is 0 Å². The quantitative estimate of drug-likeness (QED) is 0.237. The molecule has 0 spiro atoms. The zero-order valence-corrected chi connectivity index (χ0v) is 21.4. The smallest absolute Gasteiger partial charge is 0.347 e. The largest absolute Gasteiger partial charge is 0.507 e. The number of hydrogen-bond donors (Lipinski definition) is 1. The van der Waals surface area contributed by atoms with Gasteiger partial charge in [-0.1, -0.05) is 48.0 Å². The Morgan fingerprint density at radius 2 is 1.16 bits per heavy atom. The van der Waals surface area contributed by atoms with E-state index in [-0.39, 0.29) is 44.7 Å². The van der Waals surface area contributed by atoms with Crippen LogP contribution in [-0.2, 0) is 0 Å². The Kier molecular flexibility index (Phi) is 7.74. The van der Waals surface area contributed by atoms with Gasteiger partial charge in [-0.3, -0.25) is 4.98 Å². The number of esters is 3. The van der Waals surface area contributed by atoms with Crippen molar-refractivity contribution in [2.24, 2.45) is 0 Å². The molecule has 0 amide bonds. The Hall–Kier alpha value is -4.69. The fourth-order valence-electron chi connectivity index (χ4n) is 3.80. The summed E-state index contributed by atoms with van der Waals surface area (Å²) in [5, 5.41) is 10.4. The first kappa shape index (κ1) is 26.4. The second-order valence-corrected chi connectivity index (χ2v) is 8.81. The molecule has 8 nitrogen and oxygen atoms in total. The highest BCUT2D eigenvalue weighted by Gasteiger charge is 2.25. The predicted octanol–water partition coefficient (Wildman–Crippen LogP) is 6.02. The van der Waals surface area contributed by atoms with Crippen LogP contribution in [0.2, 0.25) is 5.02 Å². The third-order valence-electron chi connectivity index (χ3n) is 5.63. The van der Waals surface area contributed by atoms with Crippen molar-refractivity contribution in [2.45, 2.75) is 20.8 Å². The van der Waals surface area contributed by atoms with E-state index in [1.165, 1.54) is 36.7 Å². The van der Waals surface area contributed by atoms with Crippen molar-refractivity contribution in [1.82, 2.24) is 4.98 Å². The van der Waals surface area contributed by atoms with E-state index in [0.29, 0.717) is 16.7 Å². The van der Waals surface area contributed by atoms with Gasteiger partial charge in [-0.15, -0.1) is 0 Å². The van der Waals surface area contributed by atoms with E-state index in [2.05, 4.69) is 4.98 Å². The molecule has 4 rings (SSSR count). The summed E-state index contributed by atoms with van der Waals surface area (Å²) >= 11 is 5.92. The standard InChI is InChI=1S/C29H22ClNO7/c1-16-7-4-10-21(32)24(16)27(33)37-23-12-6-9-18(3)26(23)29(35)38-22-11-5-8-17(2)25(22)28(34)36-20-13-19(30)14-31-15-20/h4-15,32H,1-3H3. The van der Waals surface area contributed by atoms with Crippen LogP contribution < -0.4 is 14.2 Å². The molecule has 1 N–H and O–H groups in total. The topological polar surface area (TPSA) is 112 Å². The molecule has 0 unspecified atom stereocenters. The van der Waals surface area contributed by atoms with Gasteiger partial charge in [0.25, 0.3) is 0 Å². The summed E-state index contributed by atoms with van der Waals surface area (Å²) in [6.07, 6.45) is 2.72. The molecule has 0 atom stereocenters. The number of carbonyl (C=O) groups is 3. The number of carbonyl (C=O) groups excluding carboxylic acids is 3. The van der Waals surface area contributed by atoms with Crippen LogP contribution in [-0.4, -0.2) is 28.0 Å². The van der Waals surface area contributed by atoms with Crippen molar-refractivity contribution in [1.29, 1.82) is 0 Å². The van der Waals surface area contributed by atoms with Gasteiger partial charge in [0.2, 0.25) is 0 Å². The minimum atomic E-state index is -0.857. The van der Waals surface area contributed by atoms with Gasteiger partial charge in [-0.2, -0.15) is 0 Å². The van der Waals surface area contributed by atoms with Crippen LogP contribution in [0.3, 0.4) is 0 Å². The van der Waals surface area contributed by atoms with Crippen molar-refractivity contribution < 1.29 is 33.7 Å². The Balaban J connectivity index is 1.64. The van der Waals surface area contributed by atoms with Crippen molar-refractivity contribution >= 4 is 29.5 Å². The maximum absolute atomic E-state index is 13.4. The fourth-order valence-corrected chi connectivity index (χ4v) is 3.96. The Morgan fingerprint density at radius 1 is 0.684 bits per heavy atom. The molecule has 4 aromatic rings. The van der Waals surface area contributed by atoms with E-state index in [1.54, 1.807) is 57.2 Å². The summed E-state index contributed by atoms with van der Waals surface area (Å²) in [5.41, 5.74) is 1.46. The van der Waals surface area contributed by atoms with Crippen molar-refractivity contribution in [3.8, 4) is 23.0 Å². The molecule has 0 saturated heterocycles. The number of benzene rings is 3. The molecule has 0 fully saturated rings. The summed E-state index contributed by atoms with van der Waals surface area (Å²) in [5.74, 6) is -2.71. The Labute approximate surface area is 223 Å². The number of aromatic hydroxyl groups is 1. The van der Waals surface area contributed by atoms with Crippen LogP contribution in [0.15, 0.2) is 73.1 Å². The number of phenolic OH excluding ortho intramolecular Hbond substituents is 1. The van der Waals surface area contributed by atoms with Gasteiger partial charge < -0.3 is 19.3 Å². The van der Waals surface area contributed by atoms with Gasteiger partial charge in [0.05, 0.1) is 11.2 Å². The van der Waals surface area contributed by atoms with Crippen LogP contribution >= 0.6 is 11.6 Å². The number of phenols is 1. The highest BCUT2D eigenvalue weighted by Crippen LogP contribution is 2.30. The number of pyridine rings is 1. The maximum atomic E-state index is 13.4. The zero-order chi connectivity index (χ0) is 27.4. The molecule has 38 heavy (non-hydrogen) atoms. The molecule has 192 valence electrons. The molecule has 0 aliphatic heterocycles. The summed E-state index contributed by atoms with van der Waals surface area (Å²) in [4.78, 5) is 43.1. The third-order valence-corrected chi connectivity index (χ3v) is 5.83. The van der Waals surface area contributed by atoms with E-state index in [9.17, 15) is 19.5 Å². The lowest BCUT2D eigenvalue weighted by molar-refractivity contribution is 0.0698. The first-order valence-electron chi connectivity index (χ1n) is 11.4. The summed E-state index contributed by atoms with van der Waals surface area (Å²) in [7, 11) is 0. The number of aryl methyl sites for hydroxylation is 3. The minimum absolute atomic E-state index is 0.0196. The van der Waals surface area contributed by atoms with E-state index >= 15 is 0 Å². The van der Waals surface area contributed by atoms with Crippen LogP contribution in [0.4, 0.5) is 0 Å². The summed E-state index contributed by atoms with van der Waals surface area (Å²) < 4.78 is 16.5. The second kappa shape index (κ2) is 11.1. The molecular weight excluding hydrogens is 510 g/mol. The van der Waals surface area contributed by atoms with Crippen molar-refractivity contribution in [2.75, 3.05) is 0 Å². The second-order valence-electron chi connectivity index (χ2n) is 8.37. The molecule has 0 bridgehead atoms. The fraction of sp³-hybridized carbons (Fsp3) is 0.103. The SMILES string of the molecule is Cc1cccc(O)c1C(=O)Oc1cccc(C)c1C(=O)Oc1cccc(C)c1C(=O)Oc1cncc(Cl)c1. The molecule has 1 heterocycles. The van der Waals surface area contributed by atoms with Crippen LogP contribution in [0.25, 0.3) is 0 Å². The molecule has 0 radical (unpaired) electrons. The molecule has 3 aromatic carbocycles. The first-order valence-corrected chi connectivity index (χ1v) is 11.8. The summed E-state index contributed by atoms with van der Waals surface area (Å²) in [6, 6.07) is 15.5. The lowest BCUT2D eigenvalue weighted by Crippen LogP contribution is -2.19. The highest BCUT2D eigenvalue weighted by atomic mass is 35.5. The molecule has 0 aliphatic carbocycles. The van der Waals surface area contributed by atoms with E-state index < -0.39 is 17.9 Å². The third kappa shape index (κ3) is 5.66. The number of ether oxygens (including phenoxy) is 3. The van der Waals surface area contributed by atoms with Gasteiger partial charge in [0, 0.05) is 12.3 Å². The Bertz CT molecular complexity index is 1540. The molecular formula is C29H22ClNO7. The van der Waals surface area contributed by atoms with Gasteiger partial charge in [0.1, 0.15) is 33.9 Å². The number of rotatable bonds is 6. The average molecular weight is 532 g/mol. The summed E-state index contributed by atoms with van der Waals surface area (Å²) in [6.45, 7) is 4.97. The Morgan fingerprint density at radius 3 is 1.68 bits per heavy atom.